The first-order valence-electron chi connectivity index (χ1n) is 14.3. The Morgan fingerprint density at radius 3 is 2.66 bits per heavy atom. The van der Waals surface area contributed by atoms with Gasteiger partial charge in [-0.3, -0.25) is 9.59 Å². The third kappa shape index (κ3) is 6.64. The third-order valence-corrected chi connectivity index (χ3v) is 8.77. The molecule has 1 saturated heterocycles. The Hall–Kier alpha value is -2.71. The molecular weight excluding hydrogens is 494 g/mol. The maximum Gasteiger partial charge on any atom is 0.252 e. The van der Waals surface area contributed by atoms with Crippen LogP contribution in [0.25, 0.3) is 11.0 Å². The molecule has 0 aliphatic carbocycles. The third-order valence-electron chi connectivity index (χ3n) is 7.89. The van der Waals surface area contributed by atoms with Gasteiger partial charge in [-0.1, -0.05) is 33.3 Å². The molecule has 1 unspecified atom stereocenters. The number of fused-ring (bicyclic) bond motifs is 1. The van der Waals surface area contributed by atoms with Crippen LogP contribution < -0.4 is 10.6 Å². The fourth-order valence-corrected chi connectivity index (χ4v) is 6.37. The minimum absolute atomic E-state index is 0.0989. The van der Waals surface area contributed by atoms with E-state index in [4.69, 9.17) is 4.98 Å². The highest BCUT2D eigenvalue weighted by atomic mass is 32.1. The zero-order chi connectivity index (χ0) is 27.1. The smallest absolute Gasteiger partial charge is 0.252 e. The minimum Gasteiger partial charge on any atom is -0.354 e. The van der Waals surface area contributed by atoms with Gasteiger partial charge in [-0.25, -0.2) is 4.98 Å². The highest BCUT2D eigenvalue weighted by molar-refractivity contribution is 7.09. The lowest BCUT2D eigenvalue weighted by Gasteiger charge is -2.21. The molecular formula is C30H43N5O2S. The predicted octanol–water partition coefficient (Wildman–Crippen LogP) is 5.55. The lowest BCUT2D eigenvalue weighted by molar-refractivity contribution is -0.123. The van der Waals surface area contributed by atoms with Crippen molar-refractivity contribution in [3.05, 3.63) is 52.0 Å². The van der Waals surface area contributed by atoms with Gasteiger partial charge in [-0.15, -0.1) is 11.3 Å². The standard InChI is InChI=1S/C30H43N5O2S/c1-5-10-25(30(37)31-16-15-23-11-8-17-34(23)4)33-29(36)21-13-14-27-26(19-21)32-28(20-24-12-9-18-38-24)35(27)22(6-2)7-3/h9,12-14,18-19,22-23,25H,5-8,10-11,15-17,20H2,1-4H3,(H,31,37)(H,33,36)/t23?,25-/m0/s1. The summed E-state index contributed by atoms with van der Waals surface area (Å²) in [5, 5.41) is 8.15. The molecule has 1 aliphatic rings. The van der Waals surface area contributed by atoms with Crippen molar-refractivity contribution in [1.82, 2.24) is 25.1 Å². The van der Waals surface area contributed by atoms with E-state index in [0.717, 1.165) is 55.5 Å². The lowest BCUT2D eigenvalue weighted by atomic mass is 10.1. The SMILES string of the molecule is CCC[C@H](NC(=O)c1ccc2c(c1)nc(Cc1cccs1)n2C(CC)CC)C(=O)NCCC1CCCN1C. The Labute approximate surface area is 231 Å². The van der Waals surface area contributed by atoms with Crippen LogP contribution >= 0.6 is 11.3 Å². The number of hydrogen-bond donors (Lipinski definition) is 2. The summed E-state index contributed by atoms with van der Waals surface area (Å²) >= 11 is 1.74. The molecule has 206 valence electrons. The van der Waals surface area contributed by atoms with Crippen molar-refractivity contribution in [1.29, 1.82) is 0 Å². The van der Waals surface area contributed by atoms with Crippen LogP contribution in [0, 0.1) is 0 Å². The Balaban J connectivity index is 1.48. The van der Waals surface area contributed by atoms with Gasteiger partial charge >= 0.3 is 0 Å². The summed E-state index contributed by atoms with van der Waals surface area (Å²) in [6.07, 6.45) is 7.59. The Bertz CT molecular complexity index is 1200. The molecule has 2 atom stereocenters. The van der Waals surface area contributed by atoms with Gasteiger partial charge in [0.15, 0.2) is 0 Å². The van der Waals surface area contributed by atoms with E-state index >= 15 is 0 Å². The van der Waals surface area contributed by atoms with Crippen LogP contribution in [0.3, 0.4) is 0 Å². The molecule has 4 rings (SSSR count). The first-order valence-corrected chi connectivity index (χ1v) is 15.1. The molecule has 3 heterocycles. The van der Waals surface area contributed by atoms with Crippen LogP contribution in [0.2, 0.25) is 0 Å². The Morgan fingerprint density at radius 2 is 2.00 bits per heavy atom. The van der Waals surface area contributed by atoms with Crippen molar-refractivity contribution in [2.24, 2.45) is 0 Å². The van der Waals surface area contributed by atoms with Gasteiger partial charge in [0.1, 0.15) is 11.9 Å². The highest BCUT2D eigenvalue weighted by Gasteiger charge is 2.24. The van der Waals surface area contributed by atoms with E-state index in [9.17, 15) is 9.59 Å². The summed E-state index contributed by atoms with van der Waals surface area (Å²) in [5.41, 5.74) is 2.42. The maximum absolute atomic E-state index is 13.3. The highest BCUT2D eigenvalue weighted by Crippen LogP contribution is 2.28. The fourth-order valence-electron chi connectivity index (χ4n) is 5.67. The van der Waals surface area contributed by atoms with E-state index in [2.05, 4.69) is 58.5 Å². The second-order valence-electron chi connectivity index (χ2n) is 10.5. The van der Waals surface area contributed by atoms with E-state index in [1.54, 1.807) is 11.3 Å². The predicted molar refractivity (Wildman–Crippen MR) is 156 cm³/mol. The molecule has 7 nitrogen and oxygen atoms in total. The van der Waals surface area contributed by atoms with E-state index in [-0.39, 0.29) is 11.8 Å². The number of rotatable bonds is 13. The van der Waals surface area contributed by atoms with E-state index in [0.29, 0.717) is 30.6 Å². The van der Waals surface area contributed by atoms with Gasteiger partial charge in [0, 0.05) is 35.5 Å². The maximum atomic E-state index is 13.3. The van der Waals surface area contributed by atoms with Gasteiger partial charge in [0.05, 0.1) is 11.0 Å². The Morgan fingerprint density at radius 1 is 1.18 bits per heavy atom. The van der Waals surface area contributed by atoms with E-state index < -0.39 is 6.04 Å². The van der Waals surface area contributed by atoms with E-state index in [1.165, 1.54) is 17.7 Å². The van der Waals surface area contributed by atoms with Crippen molar-refractivity contribution in [2.45, 2.75) is 90.3 Å². The summed E-state index contributed by atoms with van der Waals surface area (Å²) in [6, 6.07) is 10.3. The Kier molecular flexibility index (Phi) is 9.97. The molecule has 0 bridgehead atoms. The quantitative estimate of drug-likeness (QED) is 0.300. The number of nitrogens with one attached hydrogen (secondary N) is 2. The van der Waals surface area contributed by atoms with Crippen molar-refractivity contribution >= 4 is 34.2 Å². The molecule has 1 aliphatic heterocycles. The fraction of sp³-hybridized carbons (Fsp3) is 0.567. The molecule has 3 aromatic rings. The van der Waals surface area contributed by atoms with Crippen molar-refractivity contribution in [2.75, 3.05) is 20.1 Å². The zero-order valence-corrected chi connectivity index (χ0v) is 24.2. The summed E-state index contributed by atoms with van der Waals surface area (Å²) in [5.74, 6) is 0.705. The van der Waals surface area contributed by atoms with Crippen LogP contribution in [-0.2, 0) is 11.2 Å². The topological polar surface area (TPSA) is 79.3 Å². The number of thiophene rings is 1. The zero-order valence-electron chi connectivity index (χ0n) is 23.3. The minimum atomic E-state index is -0.541. The molecule has 8 heteroatoms. The van der Waals surface area contributed by atoms with Gasteiger partial charge < -0.3 is 20.1 Å². The number of imidazole rings is 1. The lowest BCUT2D eigenvalue weighted by Crippen LogP contribution is -2.47. The molecule has 38 heavy (non-hydrogen) atoms. The molecule has 0 spiro atoms. The first kappa shape index (κ1) is 28.3. The number of aromatic nitrogens is 2. The van der Waals surface area contributed by atoms with Crippen molar-refractivity contribution in [3.63, 3.8) is 0 Å². The van der Waals surface area contributed by atoms with Crippen LogP contribution in [0.5, 0.6) is 0 Å². The molecule has 2 aromatic heterocycles. The molecule has 2 amide bonds. The monoisotopic (exact) mass is 537 g/mol. The molecule has 1 aromatic carbocycles. The summed E-state index contributed by atoms with van der Waals surface area (Å²) in [6.45, 7) is 8.22. The van der Waals surface area contributed by atoms with E-state index in [1.807, 2.05) is 25.1 Å². The van der Waals surface area contributed by atoms with Crippen LogP contribution in [0.1, 0.15) is 92.8 Å². The second-order valence-corrected chi connectivity index (χ2v) is 11.5. The number of likely N-dealkylation sites (tertiary alicyclic amines) is 1. The molecule has 0 saturated carbocycles. The average molecular weight is 538 g/mol. The van der Waals surface area contributed by atoms with Gasteiger partial charge in [-0.05, 0) is 81.8 Å². The summed E-state index contributed by atoms with van der Waals surface area (Å²) in [4.78, 5) is 34.9. The number of benzene rings is 1. The molecule has 2 N–H and O–H groups in total. The normalized spacial score (nSPS) is 16.8. The largest absolute Gasteiger partial charge is 0.354 e. The van der Waals surface area contributed by atoms with Crippen LogP contribution in [-0.4, -0.2) is 58.5 Å². The number of nitrogens with zero attached hydrogens (tertiary/aromatic N) is 3. The number of carbonyl (C=O) groups excluding carboxylic acids is 2. The molecule has 0 radical (unpaired) electrons. The summed E-state index contributed by atoms with van der Waals surface area (Å²) < 4.78 is 2.35. The number of hydrogen-bond acceptors (Lipinski definition) is 5. The van der Waals surface area contributed by atoms with Gasteiger partial charge in [0.2, 0.25) is 5.91 Å². The first-order chi connectivity index (χ1) is 18.4. The average Bonchev–Trinajstić information content (AvgIpc) is 3.65. The summed E-state index contributed by atoms with van der Waals surface area (Å²) in [7, 11) is 2.15. The van der Waals surface area contributed by atoms with Crippen LogP contribution in [0.4, 0.5) is 0 Å². The number of amides is 2. The second kappa shape index (κ2) is 13.4. The van der Waals surface area contributed by atoms with Gasteiger partial charge in [-0.2, -0.15) is 0 Å². The molecule has 1 fully saturated rings. The van der Waals surface area contributed by atoms with Crippen molar-refractivity contribution in [3.8, 4) is 0 Å². The van der Waals surface area contributed by atoms with Crippen LogP contribution in [0.15, 0.2) is 35.7 Å². The number of carbonyl (C=O) groups is 2. The van der Waals surface area contributed by atoms with Gasteiger partial charge in [0.25, 0.3) is 5.91 Å². The van der Waals surface area contributed by atoms with Crippen molar-refractivity contribution < 1.29 is 9.59 Å².